The molecule has 21 heavy (non-hydrogen) atoms. The van der Waals surface area contributed by atoms with Gasteiger partial charge in [-0.1, -0.05) is 12.1 Å². The summed E-state index contributed by atoms with van der Waals surface area (Å²) < 4.78 is 19.2. The molecule has 1 amide bonds. The number of hydrogen-bond acceptors (Lipinski definition) is 4. The number of ether oxygens (including phenoxy) is 1. The molecular formula is C15H20FN3O2. The molecule has 2 aliphatic heterocycles. The highest BCUT2D eigenvalue weighted by molar-refractivity contribution is 5.89. The summed E-state index contributed by atoms with van der Waals surface area (Å²) in [5.41, 5.74) is 1.71. The molecule has 0 bridgehead atoms. The van der Waals surface area contributed by atoms with Crippen molar-refractivity contribution in [1.29, 1.82) is 0 Å². The number of carbonyl (C=O) groups excluding carboxylic acids is 1. The maximum atomic E-state index is 14.1. The molecular weight excluding hydrogens is 273 g/mol. The first kappa shape index (κ1) is 14.3. The summed E-state index contributed by atoms with van der Waals surface area (Å²) in [5.74, 6) is -0.107. The molecule has 2 fully saturated rings. The van der Waals surface area contributed by atoms with Crippen LogP contribution in [-0.4, -0.2) is 45.2 Å². The highest BCUT2D eigenvalue weighted by Crippen LogP contribution is 2.31. The Kier molecular flexibility index (Phi) is 4.07. The Balaban J connectivity index is 1.81. The summed E-state index contributed by atoms with van der Waals surface area (Å²) in [4.78, 5) is 13.5. The van der Waals surface area contributed by atoms with E-state index in [1.165, 1.54) is 0 Å². The van der Waals surface area contributed by atoms with Gasteiger partial charge in [0.05, 0.1) is 6.54 Å². The Morgan fingerprint density at radius 3 is 3.05 bits per heavy atom. The zero-order valence-electron chi connectivity index (χ0n) is 12.0. The number of anilines is 1. The lowest BCUT2D eigenvalue weighted by atomic mass is 9.88. The molecule has 2 N–H and O–H groups in total. The van der Waals surface area contributed by atoms with Crippen molar-refractivity contribution in [2.45, 2.75) is 24.7 Å². The SMILES string of the molecule is CN[C@@H]1CN(c2cccc(C3CCNCC3F)c2)C(=O)O1. The van der Waals surface area contributed by atoms with Crippen LogP contribution in [0, 0.1) is 0 Å². The number of nitrogens with one attached hydrogen (secondary N) is 2. The Morgan fingerprint density at radius 1 is 1.48 bits per heavy atom. The highest BCUT2D eigenvalue weighted by atomic mass is 19.1. The Bertz CT molecular complexity index is 525. The molecule has 2 heterocycles. The number of rotatable bonds is 3. The van der Waals surface area contributed by atoms with Gasteiger partial charge in [0.2, 0.25) is 0 Å². The Morgan fingerprint density at radius 2 is 2.33 bits per heavy atom. The number of carbonyl (C=O) groups is 1. The standard InChI is InChI=1S/C15H20FN3O2/c1-17-14-9-19(15(20)21-14)11-4-2-3-10(7-11)12-5-6-18-8-13(12)16/h2-4,7,12-14,17-18H,5-6,8-9H2,1H3/t12?,13?,14-/m0/s1. The molecule has 2 aliphatic rings. The number of hydrogen-bond donors (Lipinski definition) is 2. The molecule has 6 heteroatoms. The van der Waals surface area contributed by atoms with Crippen LogP contribution in [0.4, 0.5) is 14.9 Å². The van der Waals surface area contributed by atoms with Gasteiger partial charge in [0.15, 0.2) is 6.23 Å². The van der Waals surface area contributed by atoms with E-state index in [9.17, 15) is 9.18 Å². The Labute approximate surface area is 123 Å². The average molecular weight is 293 g/mol. The van der Waals surface area contributed by atoms with Gasteiger partial charge in [-0.3, -0.25) is 10.2 Å². The first-order valence-corrected chi connectivity index (χ1v) is 7.29. The van der Waals surface area contributed by atoms with Crippen molar-refractivity contribution >= 4 is 11.8 Å². The predicted octanol–water partition coefficient (Wildman–Crippen LogP) is 1.60. The van der Waals surface area contributed by atoms with Crippen molar-refractivity contribution in [3.05, 3.63) is 29.8 Å². The van der Waals surface area contributed by atoms with E-state index in [1.54, 1.807) is 11.9 Å². The smallest absolute Gasteiger partial charge is 0.416 e. The van der Waals surface area contributed by atoms with E-state index < -0.39 is 6.17 Å². The maximum absolute atomic E-state index is 14.1. The summed E-state index contributed by atoms with van der Waals surface area (Å²) in [5, 5.41) is 5.98. The third kappa shape index (κ3) is 2.87. The number of halogens is 1. The fourth-order valence-corrected chi connectivity index (χ4v) is 2.94. The minimum absolute atomic E-state index is 0.107. The topological polar surface area (TPSA) is 53.6 Å². The number of cyclic esters (lactones) is 1. The van der Waals surface area contributed by atoms with E-state index in [4.69, 9.17) is 4.74 Å². The Hall–Kier alpha value is -1.66. The molecule has 0 aliphatic carbocycles. The molecule has 0 spiro atoms. The van der Waals surface area contributed by atoms with E-state index in [0.717, 1.165) is 24.2 Å². The zero-order valence-corrected chi connectivity index (χ0v) is 12.0. The molecule has 1 aromatic rings. The van der Waals surface area contributed by atoms with Gasteiger partial charge in [0.25, 0.3) is 0 Å². The van der Waals surface area contributed by atoms with Crippen molar-refractivity contribution in [3.63, 3.8) is 0 Å². The molecule has 0 radical (unpaired) electrons. The van der Waals surface area contributed by atoms with E-state index in [1.807, 2.05) is 24.3 Å². The number of nitrogens with zero attached hydrogens (tertiary/aromatic N) is 1. The van der Waals surface area contributed by atoms with Crippen LogP contribution in [0.2, 0.25) is 0 Å². The molecule has 3 atom stereocenters. The predicted molar refractivity (Wildman–Crippen MR) is 78.2 cm³/mol. The number of piperidine rings is 1. The van der Waals surface area contributed by atoms with Crippen molar-refractivity contribution < 1.29 is 13.9 Å². The van der Waals surface area contributed by atoms with Crippen LogP contribution in [0.15, 0.2) is 24.3 Å². The van der Waals surface area contributed by atoms with Gasteiger partial charge >= 0.3 is 6.09 Å². The molecule has 3 rings (SSSR count). The molecule has 0 saturated carbocycles. The number of alkyl halides is 1. The van der Waals surface area contributed by atoms with Crippen molar-refractivity contribution in [1.82, 2.24) is 10.6 Å². The van der Waals surface area contributed by atoms with Crippen LogP contribution >= 0.6 is 0 Å². The van der Waals surface area contributed by atoms with Gasteiger partial charge in [-0.25, -0.2) is 9.18 Å². The van der Waals surface area contributed by atoms with E-state index in [-0.39, 0.29) is 18.2 Å². The van der Waals surface area contributed by atoms with Crippen LogP contribution < -0.4 is 15.5 Å². The second-order valence-corrected chi connectivity index (χ2v) is 5.48. The highest BCUT2D eigenvalue weighted by Gasteiger charge is 2.32. The first-order chi connectivity index (χ1) is 10.2. The fourth-order valence-electron chi connectivity index (χ4n) is 2.94. The van der Waals surface area contributed by atoms with Crippen LogP contribution in [0.5, 0.6) is 0 Å². The minimum atomic E-state index is -0.885. The largest absolute Gasteiger partial charge is 0.428 e. The third-order valence-electron chi connectivity index (χ3n) is 4.15. The van der Waals surface area contributed by atoms with Crippen molar-refractivity contribution in [2.24, 2.45) is 0 Å². The fraction of sp³-hybridized carbons (Fsp3) is 0.533. The molecule has 2 saturated heterocycles. The second-order valence-electron chi connectivity index (χ2n) is 5.48. The van der Waals surface area contributed by atoms with Gasteiger partial charge in [-0.2, -0.15) is 0 Å². The zero-order chi connectivity index (χ0) is 14.8. The van der Waals surface area contributed by atoms with Gasteiger partial charge in [0, 0.05) is 18.2 Å². The van der Waals surface area contributed by atoms with Crippen LogP contribution in [0.25, 0.3) is 0 Å². The second kappa shape index (κ2) is 5.99. The lowest BCUT2D eigenvalue weighted by Gasteiger charge is -2.27. The lowest BCUT2D eigenvalue weighted by molar-refractivity contribution is 0.128. The molecule has 0 aromatic heterocycles. The number of likely N-dealkylation sites (N-methyl/N-ethyl adjacent to an activating group) is 1. The molecule has 1 aromatic carbocycles. The summed E-state index contributed by atoms with van der Waals surface area (Å²) >= 11 is 0. The van der Waals surface area contributed by atoms with Crippen LogP contribution in [0.3, 0.4) is 0 Å². The summed E-state index contributed by atoms with van der Waals surface area (Å²) in [7, 11) is 1.75. The van der Waals surface area contributed by atoms with Crippen molar-refractivity contribution in [2.75, 3.05) is 31.6 Å². The van der Waals surface area contributed by atoms with Crippen LogP contribution in [0.1, 0.15) is 17.9 Å². The maximum Gasteiger partial charge on any atom is 0.416 e. The van der Waals surface area contributed by atoms with Crippen LogP contribution in [-0.2, 0) is 4.74 Å². The van der Waals surface area contributed by atoms with Gasteiger partial charge in [-0.05, 0) is 37.7 Å². The first-order valence-electron chi connectivity index (χ1n) is 7.29. The normalized spacial score (nSPS) is 29.5. The third-order valence-corrected chi connectivity index (χ3v) is 4.15. The summed E-state index contributed by atoms with van der Waals surface area (Å²) in [6.45, 7) is 1.68. The van der Waals surface area contributed by atoms with Crippen molar-refractivity contribution in [3.8, 4) is 0 Å². The van der Waals surface area contributed by atoms with Gasteiger partial charge in [0.1, 0.15) is 6.17 Å². The van der Waals surface area contributed by atoms with E-state index in [0.29, 0.717) is 13.1 Å². The van der Waals surface area contributed by atoms with Gasteiger partial charge < -0.3 is 10.1 Å². The molecule has 114 valence electrons. The van der Waals surface area contributed by atoms with Gasteiger partial charge in [-0.15, -0.1) is 0 Å². The number of benzene rings is 1. The monoisotopic (exact) mass is 293 g/mol. The summed E-state index contributed by atoms with van der Waals surface area (Å²) in [6, 6.07) is 7.57. The average Bonchev–Trinajstić information content (AvgIpc) is 2.89. The summed E-state index contributed by atoms with van der Waals surface area (Å²) in [6.07, 6.45) is -0.777. The lowest BCUT2D eigenvalue weighted by Crippen LogP contribution is -2.36. The van der Waals surface area contributed by atoms with E-state index >= 15 is 0 Å². The van der Waals surface area contributed by atoms with E-state index in [2.05, 4.69) is 10.6 Å². The number of amides is 1. The molecule has 5 nitrogen and oxygen atoms in total. The minimum Gasteiger partial charge on any atom is -0.428 e. The quantitative estimate of drug-likeness (QED) is 0.889. The molecule has 2 unspecified atom stereocenters.